The Labute approximate surface area is 178 Å². The number of benzene rings is 3. The smallest absolute Gasteiger partial charge is 0.318 e. The van der Waals surface area contributed by atoms with E-state index in [0.717, 1.165) is 0 Å². The topological polar surface area (TPSA) is 108 Å². The van der Waals surface area contributed by atoms with Crippen LogP contribution in [0.3, 0.4) is 0 Å². The van der Waals surface area contributed by atoms with E-state index in [9.17, 15) is 14.4 Å². The Hall–Kier alpha value is -4.13. The van der Waals surface area contributed by atoms with Gasteiger partial charge in [-0.3, -0.25) is 14.4 Å². The van der Waals surface area contributed by atoms with E-state index in [-0.39, 0.29) is 0 Å². The van der Waals surface area contributed by atoms with Crippen molar-refractivity contribution in [1.82, 2.24) is 0 Å². The number of carbonyl (C=O) groups is 3. The van der Waals surface area contributed by atoms with Crippen LogP contribution in [-0.2, 0) is 14.3 Å². The number of hydrogen-bond donors (Lipinski definition) is 2. The third-order valence-corrected chi connectivity index (χ3v) is 5.01. The first-order valence-electron chi connectivity index (χ1n) is 9.71. The fourth-order valence-electron chi connectivity index (χ4n) is 3.42. The highest BCUT2D eigenvalue weighted by Crippen LogP contribution is 2.44. The van der Waals surface area contributed by atoms with Crippen molar-refractivity contribution in [1.29, 1.82) is 0 Å². The third-order valence-electron chi connectivity index (χ3n) is 5.01. The van der Waals surface area contributed by atoms with E-state index in [0.29, 0.717) is 33.9 Å². The number of amides is 2. The Kier molecular flexibility index (Phi) is 5.41. The van der Waals surface area contributed by atoms with E-state index >= 15 is 0 Å². The minimum Gasteiger partial charge on any atom is -0.457 e. The van der Waals surface area contributed by atoms with Gasteiger partial charge in [-0.25, -0.2) is 0 Å². The molecule has 4 rings (SSSR count). The summed E-state index contributed by atoms with van der Waals surface area (Å²) >= 11 is 0. The zero-order valence-electron chi connectivity index (χ0n) is 16.7. The monoisotopic (exact) mass is 416 g/mol. The molecule has 7 heteroatoms. The highest BCUT2D eigenvalue weighted by Gasteiger charge is 2.35. The molecule has 0 saturated carbocycles. The summed E-state index contributed by atoms with van der Waals surface area (Å²) < 4.78 is 11.4. The Morgan fingerprint density at radius 3 is 2.00 bits per heavy atom. The number of nitrogens with one attached hydrogen (secondary N) is 1. The Balaban J connectivity index is 1.50. The third kappa shape index (κ3) is 4.11. The van der Waals surface area contributed by atoms with Crippen molar-refractivity contribution < 1.29 is 23.9 Å². The highest BCUT2D eigenvalue weighted by atomic mass is 16.5. The van der Waals surface area contributed by atoms with Crippen LogP contribution in [0.2, 0.25) is 0 Å². The van der Waals surface area contributed by atoms with Gasteiger partial charge < -0.3 is 20.5 Å². The van der Waals surface area contributed by atoms with Gasteiger partial charge in [0.1, 0.15) is 17.4 Å². The molecule has 2 amide bonds. The normalized spacial score (nSPS) is 13.2. The van der Waals surface area contributed by atoms with Gasteiger partial charge in [-0.15, -0.1) is 0 Å². The summed E-state index contributed by atoms with van der Waals surface area (Å²) in [4.78, 5) is 36.8. The number of hydrogen-bond acceptors (Lipinski definition) is 5. The predicted molar refractivity (Wildman–Crippen MR) is 114 cm³/mol. The minimum absolute atomic E-state index is 0.328. The molecule has 0 fully saturated rings. The summed E-state index contributed by atoms with van der Waals surface area (Å²) in [6.45, 7) is 1.50. The van der Waals surface area contributed by atoms with Crippen LogP contribution >= 0.6 is 0 Å². The standard InChI is InChI=1S/C24H20N2O5/c1-14(23(28)26-16-12-10-15(11-13-16)22(25)27)30-24(29)21-17-6-2-4-8-19(17)31-20-9-5-3-7-18(20)21/h2-14,21H,1H3,(H2,25,27)(H,26,28)/t14-/m1/s1. The number of rotatable bonds is 5. The number of ether oxygens (including phenoxy) is 2. The van der Waals surface area contributed by atoms with Crippen LogP contribution in [0.5, 0.6) is 11.5 Å². The summed E-state index contributed by atoms with van der Waals surface area (Å²) in [5, 5.41) is 2.66. The van der Waals surface area contributed by atoms with Gasteiger partial charge in [0.15, 0.2) is 6.10 Å². The highest BCUT2D eigenvalue weighted by molar-refractivity contribution is 5.97. The molecular formula is C24H20N2O5. The molecule has 156 valence electrons. The first kappa shape index (κ1) is 20.2. The second-order valence-corrected chi connectivity index (χ2v) is 7.12. The van der Waals surface area contributed by atoms with Crippen molar-refractivity contribution in [2.24, 2.45) is 5.73 Å². The number of esters is 1. The molecule has 0 aliphatic carbocycles. The molecule has 0 radical (unpaired) electrons. The largest absolute Gasteiger partial charge is 0.457 e. The fraction of sp³-hybridized carbons (Fsp3) is 0.125. The van der Waals surface area contributed by atoms with Crippen LogP contribution in [0.25, 0.3) is 0 Å². The van der Waals surface area contributed by atoms with E-state index in [4.69, 9.17) is 15.2 Å². The molecule has 1 aliphatic heterocycles. The molecule has 1 atom stereocenters. The quantitative estimate of drug-likeness (QED) is 0.618. The molecule has 3 aromatic rings. The minimum atomic E-state index is -1.04. The van der Waals surface area contributed by atoms with Gasteiger partial charge in [0.2, 0.25) is 5.91 Å². The van der Waals surface area contributed by atoms with Gasteiger partial charge in [-0.1, -0.05) is 36.4 Å². The Morgan fingerprint density at radius 2 is 1.45 bits per heavy atom. The first-order valence-corrected chi connectivity index (χ1v) is 9.71. The van der Waals surface area contributed by atoms with Gasteiger partial charge in [0.05, 0.1) is 0 Å². The van der Waals surface area contributed by atoms with Crippen LogP contribution in [-0.4, -0.2) is 23.9 Å². The summed E-state index contributed by atoms with van der Waals surface area (Å²) in [6.07, 6.45) is -1.04. The molecule has 0 spiro atoms. The van der Waals surface area contributed by atoms with Crippen molar-refractivity contribution >= 4 is 23.5 Å². The van der Waals surface area contributed by atoms with Gasteiger partial charge in [0, 0.05) is 22.4 Å². The fourth-order valence-corrected chi connectivity index (χ4v) is 3.42. The van der Waals surface area contributed by atoms with Gasteiger partial charge in [-0.2, -0.15) is 0 Å². The van der Waals surface area contributed by atoms with E-state index in [2.05, 4.69) is 5.32 Å². The second-order valence-electron chi connectivity index (χ2n) is 7.12. The average molecular weight is 416 g/mol. The molecular weight excluding hydrogens is 396 g/mol. The van der Waals surface area contributed by atoms with Crippen molar-refractivity contribution in [3.8, 4) is 11.5 Å². The van der Waals surface area contributed by atoms with E-state index in [1.807, 2.05) is 36.4 Å². The summed E-state index contributed by atoms with van der Waals surface area (Å²) in [6, 6.07) is 20.6. The lowest BCUT2D eigenvalue weighted by Crippen LogP contribution is -2.32. The Morgan fingerprint density at radius 1 is 0.903 bits per heavy atom. The predicted octanol–water partition coefficient (Wildman–Crippen LogP) is 3.59. The zero-order chi connectivity index (χ0) is 22.0. The summed E-state index contributed by atoms with van der Waals surface area (Å²) in [7, 11) is 0. The Bertz CT molecular complexity index is 1110. The van der Waals surface area contributed by atoms with Gasteiger partial charge >= 0.3 is 5.97 Å². The van der Waals surface area contributed by atoms with Crippen molar-refractivity contribution in [3.05, 3.63) is 89.5 Å². The zero-order valence-corrected chi connectivity index (χ0v) is 16.7. The molecule has 3 aromatic carbocycles. The maximum absolute atomic E-state index is 13.1. The van der Waals surface area contributed by atoms with E-state index < -0.39 is 29.8 Å². The molecule has 31 heavy (non-hydrogen) atoms. The second kappa shape index (κ2) is 8.31. The molecule has 3 N–H and O–H groups in total. The van der Waals surface area contributed by atoms with Crippen LogP contribution in [0.1, 0.15) is 34.3 Å². The number of nitrogens with two attached hydrogens (primary N) is 1. The molecule has 0 bridgehead atoms. The molecule has 1 heterocycles. The van der Waals surface area contributed by atoms with Crippen LogP contribution in [0.4, 0.5) is 5.69 Å². The lowest BCUT2D eigenvalue weighted by Gasteiger charge is -2.27. The van der Waals surface area contributed by atoms with E-state index in [1.54, 1.807) is 24.3 Å². The van der Waals surface area contributed by atoms with E-state index in [1.165, 1.54) is 19.1 Å². The van der Waals surface area contributed by atoms with Gasteiger partial charge in [0.25, 0.3) is 5.91 Å². The summed E-state index contributed by atoms with van der Waals surface area (Å²) in [5.74, 6) is -1.14. The molecule has 0 saturated heterocycles. The average Bonchev–Trinajstić information content (AvgIpc) is 2.77. The molecule has 0 unspecified atom stereocenters. The van der Waals surface area contributed by atoms with Crippen molar-refractivity contribution in [2.45, 2.75) is 18.9 Å². The maximum Gasteiger partial charge on any atom is 0.318 e. The molecule has 7 nitrogen and oxygen atoms in total. The lowest BCUT2D eigenvalue weighted by molar-refractivity contribution is -0.153. The number of anilines is 1. The molecule has 0 aromatic heterocycles. The van der Waals surface area contributed by atoms with Crippen LogP contribution < -0.4 is 15.8 Å². The maximum atomic E-state index is 13.1. The lowest BCUT2D eigenvalue weighted by atomic mass is 9.88. The summed E-state index contributed by atoms with van der Waals surface area (Å²) in [5.41, 5.74) is 7.36. The number of carbonyl (C=O) groups excluding carboxylic acids is 3. The first-order chi connectivity index (χ1) is 14.9. The number of para-hydroxylation sites is 2. The molecule has 1 aliphatic rings. The number of primary amides is 1. The van der Waals surface area contributed by atoms with Crippen molar-refractivity contribution in [3.63, 3.8) is 0 Å². The number of fused-ring (bicyclic) bond motifs is 2. The van der Waals surface area contributed by atoms with Crippen molar-refractivity contribution in [2.75, 3.05) is 5.32 Å². The van der Waals surface area contributed by atoms with Crippen LogP contribution in [0, 0.1) is 0 Å². The van der Waals surface area contributed by atoms with Crippen LogP contribution in [0.15, 0.2) is 72.8 Å². The van der Waals surface area contributed by atoms with Gasteiger partial charge in [-0.05, 0) is 43.3 Å². The SMILES string of the molecule is C[C@@H](OC(=O)C1c2ccccc2Oc2ccccc21)C(=O)Nc1ccc(C(N)=O)cc1.